The number of fused-ring (bicyclic) bond motifs is 1. The van der Waals surface area contributed by atoms with Crippen molar-refractivity contribution in [3.8, 4) is 11.1 Å². The summed E-state index contributed by atoms with van der Waals surface area (Å²) in [7, 11) is 0. The predicted octanol–water partition coefficient (Wildman–Crippen LogP) is 3.52. The van der Waals surface area contributed by atoms with Crippen LogP contribution >= 0.6 is 0 Å². The van der Waals surface area contributed by atoms with Gasteiger partial charge >= 0.3 is 0 Å². The van der Waals surface area contributed by atoms with Crippen molar-refractivity contribution in [2.75, 3.05) is 0 Å². The number of hydrogen-bond donors (Lipinski definition) is 0. The summed E-state index contributed by atoms with van der Waals surface area (Å²) in [5.74, 6) is 0.396. The summed E-state index contributed by atoms with van der Waals surface area (Å²) >= 11 is 0. The molecule has 0 aliphatic heterocycles. The van der Waals surface area contributed by atoms with Crippen molar-refractivity contribution >= 4 is 5.52 Å². The van der Waals surface area contributed by atoms with Gasteiger partial charge in [-0.05, 0) is 35.7 Å². The van der Waals surface area contributed by atoms with Gasteiger partial charge in [-0.25, -0.2) is 4.52 Å². The lowest BCUT2D eigenvalue weighted by molar-refractivity contribution is 0.789. The van der Waals surface area contributed by atoms with Crippen molar-refractivity contribution < 1.29 is 0 Å². The lowest BCUT2D eigenvalue weighted by Crippen LogP contribution is -1.91. The van der Waals surface area contributed by atoms with Crippen molar-refractivity contribution in [2.45, 2.75) is 19.8 Å². The molecule has 0 fully saturated rings. The second-order valence-corrected chi connectivity index (χ2v) is 4.68. The molecule has 3 aromatic rings. The molecular formula is C15H15N3. The molecule has 0 aromatic carbocycles. The van der Waals surface area contributed by atoms with Crippen molar-refractivity contribution in [1.29, 1.82) is 0 Å². The summed E-state index contributed by atoms with van der Waals surface area (Å²) in [6.45, 7) is 4.35. The third-order valence-electron chi connectivity index (χ3n) is 3.08. The van der Waals surface area contributed by atoms with Gasteiger partial charge in [-0.15, -0.1) is 0 Å². The van der Waals surface area contributed by atoms with Crippen molar-refractivity contribution in [2.24, 2.45) is 0 Å². The SMILES string of the molecule is CC(C)c1nn2ccccc2c1-c1ccncc1. The molecule has 0 bridgehead atoms. The highest BCUT2D eigenvalue weighted by molar-refractivity contribution is 5.82. The first-order valence-electron chi connectivity index (χ1n) is 6.15. The Morgan fingerprint density at radius 3 is 2.56 bits per heavy atom. The van der Waals surface area contributed by atoms with Gasteiger partial charge in [-0.3, -0.25) is 4.98 Å². The first-order valence-corrected chi connectivity index (χ1v) is 6.15. The minimum Gasteiger partial charge on any atom is -0.265 e. The molecule has 0 radical (unpaired) electrons. The zero-order valence-electron chi connectivity index (χ0n) is 10.5. The van der Waals surface area contributed by atoms with Crippen LogP contribution in [0, 0.1) is 0 Å². The van der Waals surface area contributed by atoms with E-state index in [9.17, 15) is 0 Å². The maximum Gasteiger partial charge on any atom is 0.0743 e. The fourth-order valence-electron chi connectivity index (χ4n) is 2.24. The van der Waals surface area contributed by atoms with Crippen LogP contribution in [0.1, 0.15) is 25.5 Å². The topological polar surface area (TPSA) is 30.2 Å². The lowest BCUT2D eigenvalue weighted by Gasteiger charge is -2.05. The smallest absolute Gasteiger partial charge is 0.0743 e. The molecule has 3 heteroatoms. The van der Waals surface area contributed by atoms with Gasteiger partial charge in [-0.2, -0.15) is 5.10 Å². The molecule has 0 spiro atoms. The molecule has 3 aromatic heterocycles. The lowest BCUT2D eigenvalue weighted by atomic mass is 9.99. The van der Waals surface area contributed by atoms with Gasteiger partial charge in [0.1, 0.15) is 0 Å². The fraction of sp³-hybridized carbons (Fsp3) is 0.200. The van der Waals surface area contributed by atoms with Crippen molar-refractivity contribution in [1.82, 2.24) is 14.6 Å². The molecule has 18 heavy (non-hydrogen) atoms. The third-order valence-corrected chi connectivity index (χ3v) is 3.08. The Balaban J connectivity index is 2.35. The molecule has 0 saturated heterocycles. The average Bonchev–Trinajstić information content (AvgIpc) is 2.79. The number of nitrogens with zero attached hydrogens (tertiary/aromatic N) is 3. The Kier molecular flexibility index (Phi) is 2.59. The van der Waals surface area contributed by atoms with E-state index in [0.717, 1.165) is 11.2 Å². The van der Waals surface area contributed by atoms with E-state index in [4.69, 9.17) is 0 Å². The normalized spacial score (nSPS) is 11.3. The molecule has 0 amide bonds. The fourth-order valence-corrected chi connectivity index (χ4v) is 2.24. The Hall–Kier alpha value is -2.16. The summed E-state index contributed by atoms with van der Waals surface area (Å²) in [6.07, 6.45) is 5.64. The van der Waals surface area contributed by atoms with Crippen LogP contribution < -0.4 is 0 Å². The van der Waals surface area contributed by atoms with E-state index in [-0.39, 0.29) is 0 Å². The maximum absolute atomic E-state index is 4.68. The zero-order chi connectivity index (χ0) is 12.5. The van der Waals surface area contributed by atoms with Crippen LogP contribution in [0.4, 0.5) is 0 Å². The number of rotatable bonds is 2. The van der Waals surface area contributed by atoms with Crippen molar-refractivity contribution in [3.05, 3.63) is 54.6 Å². The van der Waals surface area contributed by atoms with Crippen LogP contribution in [0.5, 0.6) is 0 Å². The highest BCUT2D eigenvalue weighted by Crippen LogP contribution is 2.32. The molecule has 3 heterocycles. The van der Waals surface area contributed by atoms with Crippen molar-refractivity contribution in [3.63, 3.8) is 0 Å². The Labute approximate surface area is 106 Å². The van der Waals surface area contributed by atoms with E-state index in [1.54, 1.807) is 0 Å². The van der Waals surface area contributed by atoms with E-state index in [0.29, 0.717) is 5.92 Å². The van der Waals surface area contributed by atoms with Crippen LogP contribution in [0.25, 0.3) is 16.6 Å². The van der Waals surface area contributed by atoms with Gasteiger partial charge in [0.25, 0.3) is 0 Å². The number of hydrogen-bond acceptors (Lipinski definition) is 2. The molecule has 3 rings (SSSR count). The number of aromatic nitrogens is 3. The molecule has 0 N–H and O–H groups in total. The Morgan fingerprint density at radius 1 is 1.06 bits per heavy atom. The predicted molar refractivity (Wildman–Crippen MR) is 72.5 cm³/mol. The van der Waals surface area contributed by atoms with Gasteiger partial charge in [0.05, 0.1) is 11.2 Å². The van der Waals surface area contributed by atoms with E-state index < -0.39 is 0 Å². The van der Waals surface area contributed by atoms with E-state index in [1.165, 1.54) is 11.1 Å². The molecular weight excluding hydrogens is 222 g/mol. The molecule has 90 valence electrons. The highest BCUT2D eigenvalue weighted by Gasteiger charge is 2.16. The van der Waals surface area contributed by atoms with Gasteiger partial charge < -0.3 is 0 Å². The first kappa shape index (κ1) is 11.0. The molecule has 3 nitrogen and oxygen atoms in total. The van der Waals surface area contributed by atoms with E-state index in [1.807, 2.05) is 47.4 Å². The second-order valence-electron chi connectivity index (χ2n) is 4.68. The van der Waals surface area contributed by atoms with Gasteiger partial charge in [0.15, 0.2) is 0 Å². The third kappa shape index (κ3) is 1.68. The monoisotopic (exact) mass is 237 g/mol. The van der Waals surface area contributed by atoms with E-state index >= 15 is 0 Å². The highest BCUT2D eigenvalue weighted by atomic mass is 15.2. The first-order chi connectivity index (χ1) is 8.77. The largest absolute Gasteiger partial charge is 0.265 e. The standard InChI is InChI=1S/C15H15N3/c1-11(2)15-14(12-6-8-16-9-7-12)13-5-3-4-10-18(13)17-15/h3-11H,1-2H3. The Morgan fingerprint density at radius 2 is 1.83 bits per heavy atom. The van der Waals surface area contributed by atoms with Crippen LogP contribution in [-0.4, -0.2) is 14.6 Å². The second kappa shape index (κ2) is 4.26. The zero-order valence-corrected chi connectivity index (χ0v) is 10.5. The van der Waals surface area contributed by atoms with Crippen LogP contribution in [0.15, 0.2) is 48.9 Å². The molecule has 0 unspecified atom stereocenters. The van der Waals surface area contributed by atoms with Gasteiger partial charge in [-0.1, -0.05) is 19.9 Å². The molecule has 0 atom stereocenters. The average molecular weight is 237 g/mol. The minimum atomic E-state index is 0.396. The van der Waals surface area contributed by atoms with Crippen LogP contribution in [0.2, 0.25) is 0 Å². The van der Waals surface area contributed by atoms with Crippen LogP contribution in [-0.2, 0) is 0 Å². The van der Waals surface area contributed by atoms with Gasteiger partial charge in [0.2, 0.25) is 0 Å². The minimum absolute atomic E-state index is 0.396. The maximum atomic E-state index is 4.68. The number of pyridine rings is 2. The van der Waals surface area contributed by atoms with E-state index in [2.05, 4.69) is 30.0 Å². The van der Waals surface area contributed by atoms with Gasteiger partial charge in [0, 0.05) is 24.2 Å². The summed E-state index contributed by atoms with van der Waals surface area (Å²) in [6, 6.07) is 10.2. The molecule has 0 aliphatic rings. The summed E-state index contributed by atoms with van der Waals surface area (Å²) < 4.78 is 1.95. The molecule has 0 aliphatic carbocycles. The van der Waals surface area contributed by atoms with Crippen LogP contribution in [0.3, 0.4) is 0 Å². The molecule has 0 saturated carbocycles. The summed E-state index contributed by atoms with van der Waals surface area (Å²) in [5, 5.41) is 4.68. The Bertz CT molecular complexity index is 669. The summed E-state index contributed by atoms with van der Waals surface area (Å²) in [4.78, 5) is 4.08. The quantitative estimate of drug-likeness (QED) is 0.682. The summed E-state index contributed by atoms with van der Waals surface area (Å²) in [5.41, 5.74) is 4.67.